The lowest BCUT2D eigenvalue weighted by Crippen LogP contribution is -2.16. The van der Waals surface area contributed by atoms with Crippen molar-refractivity contribution in [2.24, 2.45) is 0 Å². The Morgan fingerprint density at radius 3 is 2.38 bits per heavy atom. The summed E-state index contributed by atoms with van der Waals surface area (Å²) >= 11 is 0. The molecule has 0 heterocycles. The molecule has 2 aromatic carbocycles. The molecule has 0 aromatic heterocycles. The van der Waals surface area contributed by atoms with Gasteiger partial charge in [0.2, 0.25) is 5.91 Å². The zero-order valence-corrected chi connectivity index (χ0v) is 14.6. The highest BCUT2D eigenvalue weighted by molar-refractivity contribution is 5.91. The number of rotatable bonds is 7. The van der Waals surface area contributed by atoms with Gasteiger partial charge < -0.3 is 15.4 Å². The van der Waals surface area contributed by atoms with Gasteiger partial charge in [0.1, 0.15) is 5.75 Å². The van der Waals surface area contributed by atoms with E-state index in [1.165, 1.54) is 12.1 Å². The Hall–Kier alpha value is -2.70. The van der Waals surface area contributed by atoms with Crippen LogP contribution in [0.2, 0.25) is 0 Å². The largest absolute Gasteiger partial charge is 0.491 e. The predicted octanol–water partition coefficient (Wildman–Crippen LogP) is 4.93. The molecule has 0 unspecified atom stereocenters. The molecule has 2 N–H and O–H groups in total. The first kappa shape index (κ1) is 19.6. The molecule has 140 valence electrons. The Kier molecular flexibility index (Phi) is 6.49. The molecule has 26 heavy (non-hydrogen) atoms. The Morgan fingerprint density at radius 2 is 1.77 bits per heavy atom. The van der Waals surface area contributed by atoms with Gasteiger partial charge in [-0.05, 0) is 56.3 Å². The normalized spacial score (nSPS) is 11.3. The van der Waals surface area contributed by atoms with E-state index >= 15 is 0 Å². The van der Waals surface area contributed by atoms with Crippen molar-refractivity contribution >= 4 is 17.3 Å². The van der Waals surface area contributed by atoms with Gasteiger partial charge in [-0.2, -0.15) is 13.2 Å². The van der Waals surface area contributed by atoms with Gasteiger partial charge >= 0.3 is 6.18 Å². The van der Waals surface area contributed by atoms with Gasteiger partial charge in [0.15, 0.2) is 0 Å². The van der Waals surface area contributed by atoms with Crippen LogP contribution in [0.4, 0.5) is 24.5 Å². The zero-order chi connectivity index (χ0) is 19.2. The fourth-order valence-electron chi connectivity index (χ4n) is 2.24. The van der Waals surface area contributed by atoms with Crippen LogP contribution in [-0.2, 0) is 11.0 Å². The Balaban J connectivity index is 1.80. The number of benzene rings is 2. The number of nitrogens with one attached hydrogen (secondary N) is 2. The number of alkyl halides is 3. The summed E-state index contributed by atoms with van der Waals surface area (Å²) < 4.78 is 43.5. The lowest BCUT2D eigenvalue weighted by Gasteiger charge is -2.12. The first-order chi connectivity index (χ1) is 12.2. The van der Waals surface area contributed by atoms with Crippen molar-refractivity contribution < 1.29 is 22.7 Å². The van der Waals surface area contributed by atoms with Gasteiger partial charge in [-0.3, -0.25) is 4.79 Å². The Labute approximate surface area is 150 Å². The number of anilines is 2. The van der Waals surface area contributed by atoms with E-state index in [-0.39, 0.29) is 24.1 Å². The Morgan fingerprint density at radius 1 is 1.08 bits per heavy atom. The highest BCUT2D eigenvalue weighted by Crippen LogP contribution is 2.30. The fourth-order valence-corrected chi connectivity index (χ4v) is 2.24. The van der Waals surface area contributed by atoms with E-state index in [0.717, 1.165) is 23.6 Å². The van der Waals surface area contributed by atoms with Crippen LogP contribution in [0.15, 0.2) is 48.5 Å². The van der Waals surface area contributed by atoms with Crippen LogP contribution in [0.1, 0.15) is 25.8 Å². The first-order valence-corrected chi connectivity index (χ1v) is 8.22. The highest BCUT2D eigenvalue weighted by atomic mass is 19.4. The maximum absolute atomic E-state index is 12.7. The number of carbonyl (C=O) groups excluding carboxylic acids is 1. The van der Waals surface area contributed by atoms with Crippen molar-refractivity contribution in [3.8, 4) is 5.75 Å². The van der Waals surface area contributed by atoms with E-state index in [1.54, 1.807) is 0 Å². The monoisotopic (exact) mass is 366 g/mol. The van der Waals surface area contributed by atoms with Crippen LogP contribution in [0.25, 0.3) is 0 Å². The first-order valence-electron chi connectivity index (χ1n) is 8.22. The molecular weight excluding hydrogens is 345 g/mol. The molecule has 4 nitrogen and oxygen atoms in total. The molecule has 0 fully saturated rings. The minimum atomic E-state index is -4.44. The third-order valence-electron chi connectivity index (χ3n) is 3.38. The van der Waals surface area contributed by atoms with Gasteiger partial charge in [-0.25, -0.2) is 0 Å². The highest BCUT2D eigenvalue weighted by Gasteiger charge is 2.30. The number of hydrogen-bond acceptors (Lipinski definition) is 3. The molecule has 1 amide bonds. The summed E-state index contributed by atoms with van der Waals surface area (Å²) in [6, 6.07) is 11.9. The minimum Gasteiger partial charge on any atom is -0.491 e. The molecule has 0 radical (unpaired) electrons. The van der Waals surface area contributed by atoms with Crippen LogP contribution >= 0.6 is 0 Å². The van der Waals surface area contributed by atoms with Crippen LogP contribution in [0.3, 0.4) is 0 Å². The standard InChI is InChI=1S/C19H21F3N2O2/c1-13(2)26-17-8-6-15(7-9-17)23-11-10-18(25)24-16-5-3-4-14(12-16)19(20,21)22/h3-9,12-13,23H,10-11H2,1-2H3,(H,24,25). The third kappa shape index (κ3) is 6.31. The van der Waals surface area contributed by atoms with Crippen LogP contribution in [0.5, 0.6) is 5.75 Å². The van der Waals surface area contributed by atoms with Gasteiger partial charge in [-0.15, -0.1) is 0 Å². The Bertz CT molecular complexity index is 728. The van der Waals surface area contributed by atoms with Crippen molar-refractivity contribution in [1.29, 1.82) is 0 Å². The average molecular weight is 366 g/mol. The molecule has 0 aliphatic carbocycles. The molecule has 0 saturated heterocycles. The summed E-state index contributed by atoms with van der Waals surface area (Å²) in [5.74, 6) is 0.393. The number of halogens is 3. The maximum Gasteiger partial charge on any atom is 0.416 e. The van der Waals surface area contributed by atoms with E-state index in [9.17, 15) is 18.0 Å². The summed E-state index contributed by atoms with van der Waals surface area (Å²) in [5, 5.41) is 5.55. The van der Waals surface area contributed by atoms with Crippen LogP contribution in [-0.4, -0.2) is 18.6 Å². The van der Waals surface area contributed by atoms with Crippen LogP contribution < -0.4 is 15.4 Å². The van der Waals surface area contributed by atoms with Crippen molar-refractivity contribution in [1.82, 2.24) is 0 Å². The van der Waals surface area contributed by atoms with E-state index in [1.807, 2.05) is 38.1 Å². The smallest absolute Gasteiger partial charge is 0.416 e. The van der Waals surface area contributed by atoms with Gasteiger partial charge in [0.05, 0.1) is 11.7 Å². The van der Waals surface area contributed by atoms with E-state index in [2.05, 4.69) is 10.6 Å². The van der Waals surface area contributed by atoms with Crippen LogP contribution in [0, 0.1) is 0 Å². The molecular formula is C19H21F3N2O2. The summed E-state index contributed by atoms with van der Waals surface area (Å²) in [7, 11) is 0. The van der Waals surface area contributed by atoms with Gasteiger partial charge in [0, 0.05) is 24.3 Å². The number of hydrogen-bond donors (Lipinski definition) is 2. The molecule has 2 rings (SSSR count). The lowest BCUT2D eigenvalue weighted by molar-refractivity contribution is -0.137. The van der Waals surface area contributed by atoms with Crippen molar-refractivity contribution in [3.63, 3.8) is 0 Å². The number of amides is 1. The van der Waals surface area contributed by atoms with Crippen molar-refractivity contribution in [2.75, 3.05) is 17.2 Å². The topological polar surface area (TPSA) is 50.4 Å². The molecule has 2 aromatic rings. The predicted molar refractivity (Wildman–Crippen MR) is 95.4 cm³/mol. The molecule has 0 aliphatic rings. The summed E-state index contributed by atoms with van der Waals surface area (Å²) in [5.41, 5.74) is 0.158. The second-order valence-corrected chi connectivity index (χ2v) is 5.99. The second kappa shape index (κ2) is 8.60. The van der Waals surface area contributed by atoms with E-state index in [4.69, 9.17) is 4.74 Å². The fraction of sp³-hybridized carbons (Fsp3) is 0.316. The molecule has 0 saturated carbocycles. The molecule has 0 spiro atoms. The quantitative estimate of drug-likeness (QED) is 0.730. The molecule has 0 atom stereocenters. The second-order valence-electron chi connectivity index (χ2n) is 5.99. The number of carbonyl (C=O) groups is 1. The number of ether oxygens (including phenoxy) is 1. The zero-order valence-electron chi connectivity index (χ0n) is 14.6. The third-order valence-corrected chi connectivity index (χ3v) is 3.38. The van der Waals surface area contributed by atoms with Gasteiger partial charge in [0.25, 0.3) is 0 Å². The molecule has 0 aliphatic heterocycles. The average Bonchev–Trinajstić information content (AvgIpc) is 2.55. The van der Waals surface area contributed by atoms with E-state index in [0.29, 0.717) is 6.54 Å². The lowest BCUT2D eigenvalue weighted by atomic mass is 10.2. The van der Waals surface area contributed by atoms with Crippen molar-refractivity contribution in [2.45, 2.75) is 32.5 Å². The van der Waals surface area contributed by atoms with Crippen molar-refractivity contribution in [3.05, 3.63) is 54.1 Å². The van der Waals surface area contributed by atoms with Gasteiger partial charge in [-0.1, -0.05) is 6.07 Å². The summed E-state index contributed by atoms with van der Waals surface area (Å²) in [6.07, 6.45) is -4.22. The summed E-state index contributed by atoms with van der Waals surface area (Å²) in [4.78, 5) is 11.9. The molecule has 0 bridgehead atoms. The van der Waals surface area contributed by atoms with E-state index < -0.39 is 11.7 Å². The minimum absolute atomic E-state index is 0.0911. The SMILES string of the molecule is CC(C)Oc1ccc(NCCC(=O)Nc2cccc(C(F)(F)F)c2)cc1. The molecule has 7 heteroatoms. The summed E-state index contributed by atoms with van der Waals surface area (Å²) in [6.45, 7) is 4.24. The maximum atomic E-state index is 12.7.